The van der Waals surface area contributed by atoms with E-state index in [-0.39, 0.29) is 27.8 Å². The maximum absolute atomic E-state index is 14.1. The molecule has 5 nitrogen and oxygen atoms in total. The molecule has 2 N–H and O–H groups in total. The van der Waals surface area contributed by atoms with Gasteiger partial charge in [0.15, 0.2) is 5.60 Å². The number of alkyl halides is 5. The van der Waals surface area contributed by atoms with Crippen LogP contribution < -0.4 is 10.6 Å². The highest BCUT2D eigenvalue weighted by atomic mass is 35.5. The van der Waals surface area contributed by atoms with E-state index in [1.165, 1.54) is 36.4 Å². The number of aryl methyl sites for hydroxylation is 1. The Kier molecular flexibility index (Phi) is 8.08. The number of hydrogen-bond acceptors (Lipinski definition) is 3. The first-order valence-corrected chi connectivity index (χ1v) is 10.9. The van der Waals surface area contributed by atoms with Crippen LogP contribution in [0.15, 0.2) is 42.5 Å². The lowest BCUT2D eigenvalue weighted by atomic mass is 9.91. The second kappa shape index (κ2) is 10.5. The number of nitrogens with one attached hydrogen (secondary N) is 2. The number of hydrogen-bond donors (Lipinski definition) is 2. The van der Waals surface area contributed by atoms with Crippen LogP contribution in [0.1, 0.15) is 27.0 Å². The van der Waals surface area contributed by atoms with Gasteiger partial charge in [-0.05, 0) is 59.5 Å². The molecule has 0 fully saturated rings. The molecule has 1 aliphatic heterocycles. The molecule has 35 heavy (non-hydrogen) atoms. The van der Waals surface area contributed by atoms with E-state index in [1.54, 1.807) is 18.3 Å². The summed E-state index contributed by atoms with van der Waals surface area (Å²) in [6.07, 6.45) is -6.20. The molecule has 0 aliphatic carbocycles. The standard InChI is InChI=1S/C23H19Cl2F5N2O3/c1-12-4-13(2-3-18(12)20(34)31-9-19(33)32-11-23(28,29)30)14-8-22(21(26)27,35-10-14)15-5-16(24)7-17(25)6-15/h2-8,21H,9-11H2,1H3,(H,31,34)(H,32,33). The second-order valence-corrected chi connectivity index (χ2v) is 8.69. The highest BCUT2D eigenvalue weighted by Gasteiger charge is 2.45. The zero-order valence-corrected chi connectivity index (χ0v) is 19.6. The Hall–Kier alpha value is -2.69. The molecule has 1 aliphatic rings. The Bertz CT molecular complexity index is 1150. The lowest BCUT2D eigenvalue weighted by Crippen LogP contribution is -2.41. The molecular weight excluding hydrogens is 518 g/mol. The van der Waals surface area contributed by atoms with Gasteiger partial charge in [0.1, 0.15) is 6.54 Å². The van der Waals surface area contributed by atoms with Crippen LogP contribution in [0.2, 0.25) is 10.0 Å². The van der Waals surface area contributed by atoms with Crippen LogP contribution in [0.5, 0.6) is 0 Å². The summed E-state index contributed by atoms with van der Waals surface area (Å²) in [6, 6.07) is 8.64. The Labute approximate surface area is 207 Å². The van der Waals surface area contributed by atoms with Crippen molar-refractivity contribution in [3.63, 3.8) is 0 Å². The molecule has 2 amide bonds. The van der Waals surface area contributed by atoms with Crippen molar-refractivity contribution in [2.24, 2.45) is 0 Å². The smallest absolute Gasteiger partial charge is 0.355 e. The quantitative estimate of drug-likeness (QED) is 0.473. The number of amides is 2. The minimum absolute atomic E-state index is 0.0940. The number of ether oxygens (including phenoxy) is 1. The molecule has 0 aromatic heterocycles. The van der Waals surface area contributed by atoms with Crippen LogP contribution in [0.4, 0.5) is 22.0 Å². The third-order valence-electron chi connectivity index (χ3n) is 5.23. The summed E-state index contributed by atoms with van der Waals surface area (Å²) in [7, 11) is 0. The summed E-state index contributed by atoms with van der Waals surface area (Å²) in [5.41, 5.74) is -0.370. The molecule has 0 saturated carbocycles. The third-order valence-corrected chi connectivity index (χ3v) is 5.67. The fraction of sp³-hybridized carbons (Fsp3) is 0.304. The van der Waals surface area contributed by atoms with Crippen LogP contribution in [0, 0.1) is 6.92 Å². The summed E-state index contributed by atoms with van der Waals surface area (Å²) in [5, 5.41) is 4.25. The predicted molar refractivity (Wildman–Crippen MR) is 121 cm³/mol. The van der Waals surface area contributed by atoms with Crippen LogP contribution in [0.3, 0.4) is 0 Å². The number of benzene rings is 2. The monoisotopic (exact) mass is 536 g/mol. The minimum Gasteiger partial charge on any atom is -0.355 e. The predicted octanol–water partition coefficient (Wildman–Crippen LogP) is 5.28. The summed E-state index contributed by atoms with van der Waals surface area (Å²) in [5.74, 6) is -1.67. The fourth-order valence-corrected chi connectivity index (χ4v) is 4.07. The summed E-state index contributed by atoms with van der Waals surface area (Å²) < 4.78 is 70.3. The van der Waals surface area contributed by atoms with Gasteiger partial charge in [0, 0.05) is 15.6 Å². The molecule has 188 valence electrons. The molecule has 1 atom stereocenters. The van der Waals surface area contributed by atoms with Gasteiger partial charge >= 0.3 is 6.18 Å². The lowest BCUT2D eigenvalue weighted by molar-refractivity contribution is -0.137. The molecule has 2 aromatic carbocycles. The Balaban J connectivity index is 1.77. The van der Waals surface area contributed by atoms with E-state index in [1.807, 2.05) is 0 Å². The maximum Gasteiger partial charge on any atom is 0.405 e. The van der Waals surface area contributed by atoms with Crippen molar-refractivity contribution in [3.8, 4) is 0 Å². The molecular formula is C23H19Cl2F5N2O3. The highest BCUT2D eigenvalue weighted by molar-refractivity contribution is 6.34. The number of rotatable bonds is 7. The van der Waals surface area contributed by atoms with E-state index in [9.17, 15) is 31.5 Å². The Morgan fingerprint density at radius 1 is 1.09 bits per heavy atom. The van der Waals surface area contributed by atoms with Crippen LogP contribution >= 0.6 is 23.2 Å². The molecule has 0 bridgehead atoms. The zero-order chi connectivity index (χ0) is 26.0. The van der Waals surface area contributed by atoms with E-state index >= 15 is 0 Å². The zero-order valence-electron chi connectivity index (χ0n) is 18.1. The summed E-state index contributed by atoms with van der Waals surface area (Å²) in [4.78, 5) is 23.9. The van der Waals surface area contributed by atoms with Crippen molar-refractivity contribution in [2.75, 3.05) is 19.7 Å². The third kappa shape index (κ3) is 6.50. The normalized spacial score (nSPS) is 17.9. The van der Waals surface area contributed by atoms with Crippen molar-refractivity contribution in [1.29, 1.82) is 0 Å². The van der Waals surface area contributed by atoms with Crippen LogP contribution in [-0.4, -0.2) is 44.1 Å². The van der Waals surface area contributed by atoms with Crippen LogP contribution in [0.25, 0.3) is 5.57 Å². The molecule has 0 spiro atoms. The van der Waals surface area contributed by atoms with Gasteiger partial charge in [-0.25, -0.2) is 8.78 Å². The molecule has 1 heterocycles. The van der Waals surface area contributed by atoms with Gasteiger partial charge in [0.2, 0.25) is 5.91 Å². The first kappa shape index (κ1) is 26.9. The van der Waals surface area contributed by atoms with E-state index in [0.717, 1.165) is 0 Å². The fourth-order valence-electron chi connectivity index (χ4n) is 3.54. The van der Waals surface area contributed by atoms with Gasteiger partial charge in [-0.15, -0.1) is 0 Å². The SMILES string of the molecule is Cc1cc(C2=CC(c3cc(Cl)cc(Cl)c3)(C(F)F)OC2)ccc1C(=O)NCC(=O)NCC(F)(F)F. The van der Waals surface area contributed by atoms with E-state index < -0.39 is 43.1 Å². The van der Waals surface area contributed by atoms with Crippen molar-refractivity contribution in [1.82, 2.24) is 10.6 Å². The first-order chi connectivity index (χ1) is 16.3. The van der Waals surface area contributed by atoms with E-state index in [2.05, 4.69) is 5.32 Å². The molecule has 2 aromatic rings. The molecule has 1 unspecified atom stereocenters. The summed E-state index contributed by atoms with van der Waals surface area (Å²) in [6.45, 7) is -0.698. The van der Waals surface area contributed by atoms with Crippen molar-refractivity contribution < 1.29 is 36.3 Å². The highest BCUT2D eigenvalue weighted by Crippen LogP contribution is 2.43. The van der Waals surface area contributed by atoms with E-state index in [4.69, 9.17) is 27.9 Å². The van der Waals surface area contributed by atoms with Gasteiger partial charge in [-0.1, -0.05) is 35.3 Å². The van der Waals surface area contributed by atoms with Crippen LogP contribution in [-0.2, 0) is 15.1 Å². The first-order valence-electron chi connectivity index (χ1n) is 10.1. The molecule has 0 saturated heterocycles. The average Bonchev–Trinajstić information content (AvgIpc) is 3.22. The molecule has 0 radical (unpaired) electrons. The maximum atomic E-state index is 14.1. The Morgan fingerprint density at radius 2 is 1.74 bits per heavy atom. The van der Waals surface area contributed by atoms with Crippen molar-refractivity contribution in [2.45, 2.75) is 25.1 Å². The Morgan fingerprint density at radius 3 is 2.31 bits per heavy atom. The average molecular weight is 537 g/mol. The van der Waals surface area contributed by atoms with Gasteiger partial charge in [-0.3, -0.25) is 9.59 Å². The number of carbonyl (C=O) groups excluding carboxylic acids is 2. The van der Waals surface area contributed by atoms with Gasteiger partial charge in [-0.2, -0.15) is 13.2 Å². The largest absolute Gasteiger partial charge is 0.405 e. The minimum atomic E-state index is -4.56. The molecule has 12 heteroatoms. The second-order valence-electron chi connectivity index (χ2n) is 7.81. The topological polar surface area (TPSA) is 67.4 Å². The van der Waals surface area contributed by atoms with Crippen molar-refractivity contribution in [3.05, 3.63) is 74.8 Å². The van der Waals surface area contributed by atoms with Crippen molar-refractivity contribution >= 4 is 40.6 Å². The molecule has 3 rings (SSSR count). The number of carbonyl (C=O) groups is 2. The van der Waals surface area contributed by atoms with Gasteiger partial charge < -0.3 is 15.4 Å². The van der Waals surface area contributed by atoms with Gasteiger partial charge in [0.25, 0.3) is 12.3 Å². The van der Waals surface area contributed by atoms with E-state index in [0.29, 0.717) is 16.7 Å². The summed E-state index contributed by atoms with van der Waals surface area (Å²) >= 11 is 12.0. The van der Waals surface area contributed by atoms with Gasteiger partial charge in [0.05, 0.1) is 13.2 Å². The number of halogens is 7. The lowest BCUT2D eigenvalue weighted by Gasteiger charge is -2.26.